The van der Waals surface area contributed by atoms with Crippen LogP contribution in [0.1, 0.15) is 48.2 Å². The van der Waals surface area contributed by atoms with Crippen molar-refractivity contribution in [1.29, 1.82) is 0 Å². The number of nitrogen functional groups attached to an aromatic ring is 1. The number of β-lactam (4-membered cyclic amide) rings is 1. The van der Waals surface area contributed by atoms with E-state index in [2.05, 4.69) is 20.8 Å². The van der Waals surface area contributed by atoms with Crippen LogP contribution in [0.5, 0.6) is 11.5 Å². The van der Waals surface area contributed by atoms with E-state index < -0.39 is 64.4 Å². The van der Waals surface area contributed by atoms with Crippen LogP contribution in [0.3, 0.4) is 0 Å². The first-order valence-electron chi connectivity index (χ1n) is 15.5. The SMILES string of the molecule is Nc1nc(/C(=N/OC(C(=O)O)C2CCCCC2)C(=O)N[C@@H]2C(=O)N3C(C(=O)O)=C(CSCCNC(=O)c4ccc(O)c(O)c4Cl)CS[C@H]23)c(Cl)s1. The predicted molar refractivity (Wildman–Crippen MR) is 191 cm³/mol. The molecular weight excluding hydrogens is 771 g/mol. The number of thiazole rings is 1. The summed E-state index contributed by atoms with van der Waals surface area (Å²) < 4.78 is -0.00982. The maximum absolute atomic E-state index is 13.6. The Morgan fingerprint density at radius 2 is 1.88 bits per heavy atom. The van der Waals surface area contributed by atoms with Crippen LogP contribution < -0.4 is 16.4 Å². The Morgan fingerprint density at radius 1 is 1.16 bits per heavy atom. The van der Waals surface area contributed by atoms with Gasteiger partial charge in [-0.25, -0.2) is 14.6 Å². The molecule has 2 fully saturated rings. The molecule has 1 saturated heterocycles. The number of nitrogens with two attached hydrogens (primary N) is 1. The van der Waals surface area contributed by atoms with Gasteiger partial charge in [0.05, 0.1) is 10.6 Å². The summed E-state index contributed by atoms with van der Waals surface area (Å²) in [6.45, 7) is 0.166. The minimum absolute atomic E-state index is 0.00982. The number of rotatable bonds is 14. The molecule has 1 saturated carbocycles. The Kier molecular flexibility index (Phi) is 12.5. The molecule has 21 heteroatoms. The van der Waals surface area contributed by atoms with Gasteiger partial charge in [-0.2, -0.15) is 11.8 Å². The molecule has 2 aliphatic heterocycles. The van der Waals surface area contributed by atoms with Crippen molar-refractivity contribution in [1.82, 2.24) is 20.5 Å². The Labute approximate surface area is 312 Å². The number of thioether (sulfide) groups is 2. The number of carbonyl (C=O) groups is 5. The summed E-state index contributed by atoms with van der Waals surface area (Å²) in [4.78, 5) is 74.3. The number of amides is 3. The van der Waals surface area contributed by atoms with E-state index in [1.54, 1.807) is 0 Å². The molecule has 3 heterocycles. The van der Waals surface area contributed by atoms with Crippen molar-refractivity contribution < 1.29 is 49.2 Å². The van der Waals surface area contributed by atoms with Gasteiger partial charge in [0.25, 0.3) is 17.7 Å². The van der Waals surface area contributed by atoms with Crippen LogP contribution in [0.2, 0.25) is 9.36 Å². The monoisotopic (exact) mass is 802 g/mol. The summed E-state index contributed by atoms with van der Waals surface area (Å²) in [5.74, 6) is -5.37. The molecule has 274 valence electrons. The molecule has 1 unspecified atom stereocenters. The van der Waals surface area contributed by atoms with E-state index in [0.717, 1.165) is 41.6 Å². The van der Waals surface area contributed by atoms with Crippen molar-refractivity contribution in [2.75, 3.05) is 29.5 Å². The van der Waals surface area contributed by atoms with E-state index >= 15 is 0 Å². The van der Waals surface area contributed by atoms with Gasteiger partial charge in [0.2, 0.25) is 6.10 Å². The van der Waals surface area contributed by atoms with Gasteiger partial charge in [-0.1, -0.05) is 59.0 Å². The zero-order valence-corrected chi connectivity index (χ0v) is 30.4. The van der Waals surface area contributed by atoms with Crippen molar-refractivity contribution in [3.8, 4) is 11.5 Å². The third-order valence-electron chi connectivity index (χ3n) is 8.30. The molecule has 1 aromatic heterocycles. The lowest BCUT2D eigenvalue weighted by Gasteiger charge is -2.49. The van der Waals surface area contributed by atoms with Crippen molar-refractivity contribution in [2.24, 2.45) is 11.1 Å². The molecule has 8 N–H and O–H groups in total. The van der Waals surface area contributed by atoms with Crippen molar-refractivity contribution in [3.63, 3.8) is 0 Å². The fraction of sp³-hybridized carbons (Fsp3) is 0.433. The van der Waals surface area contributed by atoms with E-state index in [4.69, 9.17) is 33.8 Å². The van der Waals surface area contributed by atoms with Gasteiger partial charge in [-0.3, -0.25) is 19.3 Å². The molecule has 51 heavy (non-hydrogen) atoms. The number of aliphatic carboxylic acids is 2. The van der Waals surface area contributed by atoms with Gasteiger partial charge in [-0.15, -0.1) is 11.8 Å². The number of aromatic nitrogens is 1. The second-order valence-corrected chi connectivity index (χ2v) is 15.8. The first kappa shape index (κ1) is 38.3. The third-order valence-corrected chi connectivity index (χ3v) is 12.2. The highest BCUT2D eigenvalue weighted by atomic mass is 35.5. The lowest BCUT2D eigenvalue weighted by atomic mass is 9.85. The maximum Gasteiger partial charge on any atom is 0.352 e. The Morgan fingerprint density at radius 3 is 2.53 bits per heavy atom. The molecule has 3 amide bonds. The number of carboxylic acid groups (broad SMARTS) is 2. The molecule has 0 spiro atoms. The number of nitrogens with zero attached hydrogens (tertiary/aromatic N) is 3. The average molecular weight is 804 g/mol. The topological polar surface area (TPSA) is 254 Å². The number of carboxylic acids is 2. The average Bonchev–Trinajstić information content (AvgIpc) is 3.43. The minimum Gasteiger partial charge on any atom is -0.504 e. The van der Waals surface area contributed by atoms with E-state index in [9.17, 15) is 44.4 Å². The van der Waals surface area contributed by atoms with E-state index in [1.165, 1.54) is 29.6 Å². The zero-order valence-electron chi connectivity index (χ0n) is 26.5. The van der Waals surface area contributed by atoms with Crippen LogP contribution in [0.4, 0.5) is 5.13 Å². The van der Waals surface area contributed by atoms with E-state index in [-0.39, 0.29) is 55.4 Å². The fourth-order valence-corrected chi connectivity index (χ4v) is 9.32. The van der Waals surface area contributed by atoms with Crippen LogP contribution in [0, 0.1) is 5.92 Å². The van der Waals surface area contributed by atoms with Crippen LogP contribution in [-0.2, 0) is 24.0 Å². The molecule has 1 aliphatic carbocycles. The number of anilines is 1. The maximum atomic E-state index is 13.6. The van der Waals surface area contributed by atoms with Crippen LogP contribution in [0.15, 0.2) is 28.6 Å². The number of hydrogen-bond acceptors (Lipinski definition) is 14. The molecule has 1 aromatic carbocycles. The second-order valence-electron chi connectivity index (χ2n) is 11.6. The number of aromatic hydroxyl groups is 2. The third kappa shape index (κ3) is 8.43. The number of oxime groups is 1. The van der Waals surface area contributed by atoms with Gasteiger partial charge in [-0.05, 0) is 30.5 Å². The first-order valence-corrected chi connectivity index (χ1v) is 19.2. The van der Waals surface area contributed by atoms with Crippen molar-refractivity contribution in [3.05, 3.63) is 44.0 Å². The first-order chi connectivity index (χ1) is 24.3. The van der Waals surface area contributed by atoms with E-state index in [1.807, 2.05) is 0 Å². The fourth-order valence-electron chi connectivity index (χ4n) is 5.80. The molecule has 0 radical (unpaired) electrons. The largest absolute Gasteiger partial charge is 0.504 e. The number of benzene rings is 1. The lowest BCUT2D eigenvalue weighted by molar-refractivity contribution is -0.155. The molecule has 2 aromatic rings. The van der Waals surface area contributed by atoms with Gasteiger partial charge in [0.1, 0.15) is 27.1 Å². The van der Waals surface area contributed by atoms with Crippen molar-refractivity contribution in [2.45, 2.75) is 49.6 Å². The molecule has 16 nitrogen and oxygen atoms in total. The summed E-state index contributed by atoms with van der Waals surface area (Å²) in [6, 6.07) is 1.24. The Balaban J connectivity index is 1.23. The number of carbonyl (C=O) groups excluding carboxylic acids is 3. The highest BCUT2D eigenvalue weighted by molar-refractivity contribution is 8.01. The standard InChI is InChI=1S/C30H32Cl2N6O10S3/c31-16-14(6-7-15(39)21(16)40)24(41)34-8-9-49-10-13-11-50-27-19(26(43)38(27)20(13)28(44)45)35-25(42)18(17-23(32)51-30(33)36-17)37-48-22(29(46)47)12-4-2-1-3-5-12/h6-7,12,19,22,27,39-40H,1-5,8-11H2,(H2,33,36)(H,34,41)(H,35,42)(H,44,45)(H,46,47)/b37-18-/t19-,22?,27-/m1/s1. The summed E-state index contributed by atoms with van der Waals surface area (Å²) in [6.07, 6.45) is 2.54. The molecule has 3 atom stereocenters. The number of phenols is 2. The number of phenolic OH excluding ortho intramolecular Hbond substituents is 2. The number of nitrogens with one attached hydrogen (secondary N) is 2. The van der Waals surface area contributed by atoms with Gasteiger partial charge in [0, 0.05) is 29.7 Å². The van der Waals surface area contributed by atoms with E-state index in [0.29, 0.717) is 24.2 Å². The quantitative estimate of drug-likeness (QED) is 0.0477. The zero-order chi connectivity index (χ0) is 37.0. The summed E-state index contributed by atoms with van der Waals surface area (Å²) >= 11 is 15.6. The lowest BCUT2D eigenvalue weighted by Crippen LogP contribution is -2.71. The van der Waals surface area contributed by atoms with Gasteiger partial charge in [0.15, 0.2) is 22.3 Å². The van der Waals surface area contributed by atoms with Crippen LogP contribution in [0.25, 0.3) is 0 Å². The van der Waals surface area contributed by atoms with Gasteiger partial charge < -0.3 is 41.6 Å². The number of fused-ring (bicyclic) bond motifs is 1. The molecule has 3 aliphatic rings. The summed E-state index contributed by atoms with van der Waals surface area (Å²) in [7, 11) is 0. The summed E-state index contributed by atoms with van der Waals surface area (Å²) in [5.41, 5.74) is 5.37. The normalized spacial score (nSPS) is 19.9. The Bertz CT molecular complexity index is 1800. The van der Waals surface area contributed by atoms with Crippen molar-refractivity contribution >= 4 is 98.6 Å². The predicted octanol–water partition coefficient (Wildman–Crippen LogP) is 3.10. The number of hydrogen-bond donors (Lipinski definition) is 7. The molecule has 5 rings (SSSR count). The van der Waals surface area contributed by atoms with Crippen LogP contribution >= 0.6 is 58.1 Å². The minimum atomic E-state index is -1.33. The molecular formula is C30H32Cl2N6O10S3. The van der Waals surface area contributed by atoms with Crippen LogP contribution in [-0.4, -0.2) is 107 Å². The number of halogens is 2. The second kappa shape index (κ2) is 16.6. The smallest absolute Gasteiger partial charge is 0.352 e. The van der Waals surface area contributed by atoms with Gasteiger partial charge >= 0.3 is 11.9 Å². The highest BCUT2D eigenvalue weighted by Crippen LogP contribution is 2.41. The highest BCUT2D eigenvalue weighted by Gasteiger charge is 2.54. The Hall–Kier alpha value is -3.91. The molecule has 0 bridgehead atoms. The summed E-state index contributed by atoms with van der Waals surface area (Å²) in [5, 5.41) is 47.2.